The number of hydrogen-bond donors (Lipinski definition) is 0. The molecule has 0 fully saturated rings. The van der Waals surface area contributed by atoms with E-state index in [9.17, 15) is 14.4 Å². The second kappa shape index (κ2) is 11.7. The Morgan fingerprint density at radius 3 is 2.00 bits per heavy atom. The Balaban J connectivity index is 2.27. The third-order valence-corrected chi connectivity index (χ3v) is 4.43. The number of benzene rings is 1. The molecular formula is C23H28N2O6. The summed E-state index contributed by atoms with van der Waals surface area (Å²) in [6.45, 7) is 5.26. The van der Waals surface area contributed by atoms with E-state index in [0.29, 0.717) is 12.1 Å². The Morgan fingerprint density at radius 2 is 1.48 bits per heavy atom. The number of rotatable bonds is 11. The SMILES string of the molecule is CCOC(=O)C(Cc1cnn(C/C=C/c2ccccc2)c1)(C(=O)OCC)C(=O)OCC. The molecule has 2 aromatic rings. The third-order valence-electron chi connectivity index (χ3n) is 4.43. The van der Waals surface area contributed by atoms with Crippen LogP contribution < -0.4 is 0 Å². The summed E-state index contributed by atoms with van der Waals surface area (Å²) in [5, 5.41) is 4.26. The molecule has 0 atom stereocenters. The van der Waals surface area contributed by atoms with Crippen LogP contribution in [0.5, 0.6) is 0 Å². The van der Waals surface area contributed by atoms with E-state index in [1.54, 1.807) is 31.6 Å². The molecule has 1 aromatic heterocycles. The number of nitrogens with zero attached hydrogens (tertiary/aromatic N) is 2. The van der Waals surface area contributed by atoms with Gasteiger partial charge in [-0.2, -0.15) is 5.10 Å². The Morgan fingerprint density at radius 1 is 0.935 bits per heavy atom. The van der Waals surface area contributed by atoms with Gasteiger partial charge in [0.05, 0.1) is 32.6 Å². The van der Waals surface area contributed by atoms with Gasteiger partial charge in [-0.1, -0.05) is 42.5 Å². The van der Waals surface area contributed by atoms with E-state index in [2.05, 4.69) is 5.10 Å². The van der Waals surface area contributed by atoms with Crippen molar-refractivity contribution >= 4 is 24.0 Å². The lowest BCUT2D eigenvalue weighted by atomic mass is 9.82. The maximum Gasteiger partial charge on any atom is 0.335 e. The van der Waals surface area contributed by atoms with Gasteiger partial charge < -0.3 is 14.2 Å². The number of aromatic nitrogens is 2. The van der Waals surface area contributed by atoms with E-state index in [0.717, 1.165) is 5.56 Å². The van der Waals surface area contributed by atoms with Crippen LogP contribution in [0.25, 0.3) is 6.08 Å². The molecule has 166 valence electrons. The summed E-state index contributed by atoms with van der Waals surface area (Å²) in [6, 6.07) is 9.81. The highest BCUT2D eigenvalue weighted by Gasteiger charge is 2.57. The maximum atomic E-state index is 12.8. The standard InChI is InChI=1S/C23H28N2O6/c1-4-29-20(26)23(21(27)30-5-2,22(28)31-6-3)15-19-16-24-25(17-19)14-10-13-18-11-8-7-9-12-18/h7-13,16-17H,4-6,14-15H2,1-3H3/b13-10+. The van der Waals surface area contributed by atoms with E-state index >= 15 is 0 Å². The van der Waals surface area contributed by atoms with Gasteiger partial charge >= 0.3 is 17.9 Å². The predicted octanol–water partition coefficient (Wildman–Crippen LogP) is 2.81. The van der Waals surface area contributed by atoms with Crippen LogP contribution in [0.15, 0.2) is 48.8 Å². The van der Waals surface area contributed by atoms with E-state index in [4.69, 9.17) is 14.2 Å². The lowest BCUT2D eigenvalue weighted by Crippen LogP contribution is -2.51. The van der Waals surface area contributed by atoms with Crippen LogP contribution in [0.4, 0.5) is 0 Å². The van der Waals surface area contributed by atoms with Crippen molar-refractivity contribution in [2.75, 3.05) is 19.8 Å². The number of allylic oxidation sites excluding steroid dienone is 1. The molecule has 0 radical (unpaired) electrons. The summed E-state index contributed by atoms with van der Waals surface area (Å²) in [5.74, 6) is -2.99. The van der Waals surface area contributed by atoms with Crippen molar-refractivity contribution in [2.24, 2.45) is 5.41 Å². The van der Waals surface area contributed by atoms with E-state index in [1.165, 1.54) is 6.20 Å². The molecule has 0 aliphatic rings. The molecule has 8 nitrogen and oxygen atoms in total. The lowest BCUT2D eigenvalue weighted by molar-refractivity contribution is -0.183. The third kappa shape index (κ3) is 6.04. The van der Waals surface area contributed by atoms with Crippen molar-refractivity contribution in [3.63, 3.8) is 0 Å². The molecule has 0 N–H and O–H groups in total. The van der Waals surface area contributed by atoms with E-state index in [1.807, 2.05) is 42.5 Å². The second-order valence-corrected chi connectivity index (χ2v) is 6.63. The first kappa shape index (κ1) is 23.9. The average Bonchev–Trinajstić information content (AvgIpc) is 3.20. The van der Waals surface area contributed by atoms with Gasteiger partial charge in [-0.05, 0) is 31.9 Å². The van der Waals surface area contributed by atoms with Crippen LogP contribution in [0, 0.1) is 5.41 Å². The molecular weight excluding hydrogens is 400 g/mol. The van der Waals surface area contributed by atoms with Gasteiger partial charge in [0.15, 0.2) is 0 Å². The van der Waals surface area contributed by atoms with Crippen molar-refractivity contribution in [1.29, 1.82) is 0 Å². The monoisotopic (exact) mass is 428 g/mol. The van der Waals surface area contributed by atoms with Gasteiger partial charge in [0, 0.05) is 12.6 Å². The topological polar surface area (TPSA) is 96.7 Å². The maximum absolute atomic E-state index is 12.8. The predicted molar refractivity (Wildman–Crippen MR) is 114 cm³/mol. The Bertz CT molecular complexity index is 858. The molecule has 0 aliphatic carbocycles. The number of hydrogen-bond acceptors (Lipinski definition) is 7. The van der Waals surface area contributed by atoms with Crippen molar-refractivity contribution in [3.05, 3.63) is 59.9 Å². The minimum absolute atomic E-state index is 0.00291. The summed E-state index contributed by atoms with van der Waals surface area (Å²) >= 11 is 0. The van der Waals surface area contributed by atoms with Crippen molar-refractivity contribution < 1.29 is 28.6 Å². The number of carbonyl (C=O) groups excluding carboxylic acids is 3. The van der Waals surface area contributed by atoms with Crippen molar-refractivity contribution in [2.45, 2.75) is 33.7 Å². The van der Waals surface area contributed by atoms with Gasteiger partial charge in [0.25, 0.3) is 5.41 Å². The lowest BCUT2D eigenvalue weighted by Gasteiger charge is -2.26. The summed E-state index contributed by atoms with van der Waals surface area (Å²) in [7, 11) is 0. The fourth-order valence-corrected chi connectivity index (χ4v) is 2.99. The molecule has 8 heteroatoms. The zero-order valence-corrected chi connectivity index (χ0v) is 18.1. The molecule has 31 heavy (non-hydrogen) atoms. The number of carbonyl (C=O) groups is 3. The molecule has 0 spiro atoms. The fraction of sp³-hybridized carbons (Fsp3) is 0.391. The van der Waals surface area contributed by atoms with Gasteiger partial charge in [-0.15, -0.1) is 0 Å². The van der Waals surface area contributed by atoms with Gasteiger partial charge in [-0.25, -0.2) is 0 Å². The molecule has 0 saturated carbocycles. The van der Waals surface area contributed by atoms with E-state index < -0.39 is 23.3 Å². The van der Waals surface area contributed by atoms with E-state index in [-0.39, 0.29) is 26.2 Å². The summed E-state index contributed by atoms with van der Waals surface area (Å²) < 4.78 is 16.8. The normalized spacial score (nSPS) is 11.3. The van der Waals surface area contributed by atoms with Crippen LogP contribution >= 0.6 is 0 Å². The fourth-order valence-electron chi connectivity index (χ4n) is 2.99. The number of ether oxygens (including phenoxy) is 3. The van der Waals surface area contributed by atoms with Crippen LogP contribution in [0.1, 0.15) is 31.9 Å². The Labute approximate surface area is 181 Å². The van der Waals surface area contributed by atoms with Crippen LogP contribution in [0.2, 0.25) is 0 Å². The van der Waals surface area contributed by atoms with Crippen LogP contribution in [-0.2, 0) is 41.6 Å². The number of esters is 3. The smallest absolute Gasteiger partial charge is 0.335 e. The summed E-state index contributed by atoms with van der Waals surface area (Å²) in [6.07, 6.45) is 6.79. The van der Waals surface area contributed by atoms with Crippen LogP contribution in [-0.4, -0.2) is 47.5 Å². The molecule has 0 bridgehead atoms. The highest BCUT2D eigenvalue weighted by atomic mass is 16.6. The first-order valence-electron chi connectivity index (χ1n) is 10.2. The molecule has 0 saturated heterocycles. The molecule has 2 rings (SSSR count). The first-order valence-corrected chi connectivity index (χ1v) is 10.2. The first-order chi connectivity index (χ1) is 15.0. The molecule has 0 unspecified atom stereocenters. The van der Waals surface area contributed by atoms with Crippen molar-refractivity contribution in [3.8, 4) is 0 Å². The van der Waals surface area contributed by atoms with Crippen molar-refractivity contribution in [1.82, 2.24) is 9.78 Å². The Hall–Kier alpha value is -3.42. The highest BCUT2D eigenvalue weighted by molar-refractivity contribution is 6.18. The van der Waals surface area contributed by atoms with Gasteiger partial charge in [0.2, 0.25) is 0 Å². The van der Waals surface area contributed by atoms with Crippen LogP contribution in [0.3, 0.4) is 0 Å². The zero-order valence-electron chi connectivity index (χ0n) is 18.1. The average molecular weight is 428 g/mol. The molecule has 0 aliphatic heterocycles. The second-order valence-electron chi connectivity index (χ2n) is 6.63. The zero-order chi connectivity index (χ0) is 22.7. The molecule has 1 heterocycles. The van der Waals surface area contributed by atoms with Gasteiger partial charge in [0.1, 0.15) is 0 Å². The quantitative estimate of drug-likeness (QED) is 0.308. The summed E-state index contributed by atoms with van der Waals surface area (Å²) in [5.41, 5.74) is -0.682. The minimum Gasteiger partial charge on any atom is -0.465 e. The summed E-state index contributed by atoms with van der Waals surface area (Å²) in [4.78, 5) is 38.3. The molecule has 0 amide bonds. The largest absolute Gasteiger partial charge is 0.465 e. The Kier molecular flexibility index (Phi) is 8.99. The molecule has 1 aromatic carbocycles. The van der Waals surface area contributed by atoms with Gasteiger partial charge in [-0.3, -0.25) is 19.1 Å². The minimum atomic E-state index is -2.24. The highest BCUT2D eigenvalue weighted by Crippen LogP contribution is 2.29.